The number of ether oxygens (including phenoxy) is 1. The highest BCUT2D eigenvalue weighted by Gasteiger charge is 2.52. The fourth-order valence-electron chi connectivity index (χ4n) is 2.35. The summed E-state index contributed by atoms with van der Waals surface area (Å²) in [5.74, 6) is 0. The monoisotopic (exact) mass is 364 g/mol. The Morgan fingerprint density at radius 1 is 1.15 bits per heavy atom. The highest BCUT2D eigenvalue weighted by atomic mass is 16.7. The van der Waals surface area contributed by atoms with Crippen LogP contribution in [0.1, 0.15) is 48.5 Å². The minimum Gasteiger partial charge on any atom is -0.444 e. The van der Waals surface area contributed by atoms with Gasteiger partial charge in [0.05, 0.1) is 21.8 Å². The number of non-ortho nitro benzene ring substituents is 1. The molecule has 2 rings (SSSR count). The van der Waals surface area contributed by atoms with Crippen molar-refractivity contribution in [2.24, 2.45) is 0 Å². The van der Waals surface area contributed by atoms with Gasteiger partial charge in [0.15, 0.2) is 0 Å². The van der Waals surface area contributed by atoms with Crippen molar-refractivity contribution >= 4 is 30.0 Å². The van der Waals surface area contributed by atoms with Gasteiger partial charge in [-0.05, 0) is 60.0 Å². The number of amides is 1. The van der Waals surface area contributed by atoms with Crippen molar-refractivity contribution in [2.45, 2.75) is 65.3 Å². The topological polar surface area (TPSA) is 99.9 Å². The van der Waals surface area contributed by atoms with Crippen LogP contribution in [0.2, 0.25) is 0 Å². The SMILES string of the molecule is CC(C)(C)OC(=O)Nc1cc(B2OC(C)(C)C(C)(C)O2)cc([N+](=O)[O-])c1. The molecule has 1 heterocycles. The first kappa shape index (κ1) is 20.2. The average Bonchev–Trinajstić information content (AvgIpc) is 2.64. The number of rotatable bonds is 3. The van der Waals surface area contributed by atoms with Gasteiger partial charge in [-0.2, -0.15) is 0 Å². The number of nitrogens with one attached hydrogen (secondary N) is 1. The van der Waals surface area contributed by atoms with Crippen molar-refractivity contribution in [1.82, 2.24) is 0 Å². The highest BCUT2D eigenvalue weighted by molar-refractivity contribution is 6.62. The molecule has 0 aliphatic carbocycles. The number of hydrogen-bond acceptors (Lipinski definition) is 6. The van der Waals surface area contributed by atoms with E-state index in [1.165, 1.54) is 12.1 Å². The fraction of sp³-hybridized carbons (Fsp3) is 0.588. The second-order valence-corrected chi connectivity index (χ2v) is 8.29. The largest absolute Gasteiger partial charge is 0.495 e. The van der Waals surface area contributed by atoms with Gasteiger partial charge >= 0.3 is 13.2 Å². The van der Waals surface area contributed by atoms with Gasteiger partial charge in [0.1, 0.15) is 5.60 Å². The molecule has 0 radical (unpaired) electrons. The molecule has 0 bridgehead atoms. The highest BCUT2D eigenvalue weighted by Crippen LogP contribution is 2.36. The van der Waals surface area contributed by atoms with E-state index in [0.29, 0.717) is 5.46 Å². The Morgan fingerprint density at radius 3 is 2.15 bits per heavy atom. The zero-order chi connectivity index (χ0) is 19.9. The first-order chi connectivity index (χ1) is 11.7. The van der Waals surface area contributed by atoms with E-state index in [9.17, 15) is 14.9 Å². The molecule has 8 nitrogen and oxygen atoms in total. The summed E-state index contributed by atoms with van der Waals surface area (Å²) < 4.78 is 17.1. The lowest BCUT2D eigenvalue weighted by atomic mass is 9.78. The van der Waals surface area contributed by atoms with Crippen molar-refractivity contribution in [3.63, 3.8) is 0 Å². The Kier molecular flexibility index (Phi) is 5.09. The molecule has 26 heavy (non-hydrogen) atoms. The molecule has 0 atom stereocenters. The smallest absolute Gasteiger partial charge is 0.444 e. The number of nitro benzene ring substituents is 1. The van der Waals surface area contributed by atoms with Crippen molar-refractivity contribution in [3.8, 4) is 0 Å². The van der Waals surface area contributed by atoms with Gasteiger partial charge in [0.25, 0.3) is 5.69 Å². The van der Waals surface area contributed by atoms with Gasteiger partial charge in [-0.15, -0.1) is 0 Å². The van der Waals surface area contributed by atoms with E-state index in [1.54, 1.807) is 26.8 Å². The third kappa shape index (κ3) is 4.53. The predicted molar refractivity (Wildman–Crippen MR) is 98.7 cm³/mol. The number of anilines is 1. The van der Waals surface area contributed by atoms with Gasteiger partial charge < -0.3 is 14.0 Å². The Labute approximate surface area is 153 Å². The van der Waals surface area contributed by atoms with E-state index < -0.39 is 34.9 Å². The maximum atomic E-state index is 12.0. The van der Waals surface area contributed by atoms with Crippen LogP contribution in [0.15, 0.2) is 18.2 Å². The number of carbonyl (C=O) groups is 1. The van der Waals surface area contributed by atoms with Crippen LogP contribution in [-0.4, -0.2) is 34.9 Å². The van der Waals surface area contributed by atoms with E-state index in [4.69, 9.17) is 14.0 Å². The number of benzene rings is 1. The molecule has 0 aromatic heterocycles. The molecule has 1 saturated heterocycles. The summed E-state index contributed by atoms with van der Waals surface area (Å²) in [6, 6.07) is 4.22. The fourth-order valence-corrected chi connectivity index (χ4v) is 2.35. The van der Waals surface area contributed by atoms with Gasteiger partial charge in [-0.3, -0.25) is 15.4 Å². The number of hydrogen-bond donors (Lipinski definition) is 1. The van der Waals surface area contributed by atoms with E-state index in [-0.39, 0.29) is 11.4 Å². The van der Waals surface area contributed by atoms with E-state index in [1.807, 2.05) is 27.7 Å². The quantitative estimate of drug-likeness (QED) is 0.502. The molecule has 0 spiro atoms. The molecule has 1 amide bonds. The molecular formula is C17H25BN2O6. The normalized spacial score (nSPS) is 18.5. The lowest BCUT2D eigenvalue weighted by Crippen LogP contribution is -2.41. The van der Waals surface area contributed by atoms with E-state index >= 15 is 0 Å². The van der Waals surface area contributed by atoms with Crippen molar-refractivity contribution in [2.75, 3.05) is 5.32 Å². The van der Waals surface area contributed by atoms with Crippen LogP contribution >= 0.6 is 0 Å². The second-order valence-electron chi connectivity index (χ2n) is 8.29. The minimum absolute atomic E-state index is 0.178. The summed E-state index contributed by atoms with van der Waals surface area (Å²) in [6.07, 6.45) is -0.696. The zero-order valence-corrected chi connectivity index (χ0v) is 16.2. The van der Waals surface area contributed by atoms with Gasteiger partial charge in [-0.25, -0.2) is 4.79 Å². The molecule has 0 unspecified atom stereocenters. The van der Waals surface area contributed by atoms with Crippen LogP contribution < -0.4 is 10.8 Å². The standard InChI is InChI=1S/C17H25BN2O6/c1-15(2,3)24-14(21)19-12-8-11(9-13(10-12)20(22)23)18-25-16(4,5)17(6,7)26-18/h8-10H,1-7H3,(H,19,21). The van der Waals surface area contributed by atoms with Crippen LogP contribution in [0.25, 0.3) is 0 Å². The summed E-state index contributed by atoms with van der Waals surface area (Å²) in [6.45, 7) is 12.8. The molecule has 1 aliphatic rings. The Bertz CT molecular complexity index is 710. The predicted octanol–water partition coefficient (Wildman–Crippen LogP) is 3.24. The van der Waals surface area contributed by atoms with E-state index in [0.717, 1.165) is 0 Å². The van der Waals surface area contributed by atoms with Crippen molar-refractivity contribution in [3.05, 3.63) is 28.3 Å². The van der Waals surface area contributed by atoms with E-state index in [2.05, 4.69) is 5.32 Å². The summed E-state index contributed by atoms with van der Waals surface area (Å²) in [4.78, 5) is 22.7. The lowest BCUT2D eigenvalue weighted by molar-refractivity contribution is -0.384. The molecule has 1 aromatic carbocycles. The summed E-state index contributed by atoms with van der Waals surface area (Å²) in [5, 5.41) is 13.8. The Morgan fingerprint density at radius 2 is 1.69 bits per heavy atom. The second kappa shape index (κ2) is 6.55. The number of nitrogens with zero attached hydrogens (tertiary/aromatic N) is 1. The average molecular weight is 364 g/mol. The maximum absolute atomic E-state index is 12.0. The molecule has 1 fully saturated rings. The van der Waals surface area contributed by atoms with Crippen LogP contribution in [0.5, 0.6) is 0 Å². The Hall–Kier alpha value is -2.13. The van der Waals surface area contributed by atoms with Gasteiger partial charge in [0, 0.05) is 12.1 Å². The third-order valence-electron chi connectivity index (χ3n) is 4.32. The maximum Gasteiger partial charge on any atom is 0.495 e. The van der Waals surface area contributed by atoms with Crippen molar-refractivity contribution < 1.29 is 23.8 Å². The number of carbonyl (C=O) groups excluding carboxylic acids is 1. The third-order valence-corrected chi connectivity index (χ3v) is 4.32. The molecule has 1 aliphatic heterocycles. The van der Waals surface area contributed by atoms with Crippen LogP contribution in [-0.2, 0) is 14.0 Å². The van der Waals surface area contributed by atoms with Gasteiger partial charge in [-0.1, -0.05) is 0 Å². The lowest BCUT2D eigenvalue weighted by Gasteiger charge is -2.32. The van der Waals surface area contributed by atoms with Crippen LogP contribution in [0, 0.1) is 10.1 Å². The number of nitro groups is 1. The van der Waals surface area contributed by atoms with Gasteiger partial charge in [0.2, 0.25) is 0 Å². The molecule has 142 valence electrons. The van der Waals surface area contributed by atoms with Crippen LogP contribution in [0.4, 0.5) is 16.2 Å². The first-order valence-electron chi connectivity index (χ1n) is 8.35. The molecule has 1 aromatic rings. The summed E-state index contributed by atoms with van der Waals surface area (Å²) >= 11 is 0. The molecule has 9 heteroatoms. The summed E-state index contributed by atoms with van der Waals surface area (Å²) in [7, 11) is -0.779. The molecule has 1 N–H and O–H groups in total. The van der Waals surface area contributed by atoms with Crippen molar-refractivity contribution in [1.29, 1.82) is 0 Å². The first-order valence-corrected chi connectivity index (χ1v) is 8.35. The Balaban J connectivity index is 2.32. The minimum atomic E-state index is -0.779. The van der Waals surface area contributed by atoms with Crippen LogP contribution in [0.3, 0.4) is 0 Å². The molecule has 0 saturated carbocycles. The zero-order valence-electron chi connectivity index (χ0n) is 16.2. The summed E-state index contributed by atoms with van der Waals surface area (Å²) in [5.41, 5.74) is -1.34. The molecular weight excluding hydrogens is 339 g/mol.